The lowest BCUT2D eigenvalue weighted by atomic mass is 10.2. The van der Waals surface area contributed by atoms with Crippen molar-refractivity contribution < 1.29 is 0 Å². The van der Waals surface area contributed by atoms with Gasteiger partial charge in [0.05, 0.1) is 11.9 Å². The van der Waals surface area contributed by atoms with Crippen LogP contribution in [-0.4, -0.2) is 28.5 Å². The molecule has 0 aliphatic heterocycles. The number of likely N-dealkylation sites (N-methyl/N-ethyl adjacent to an activating group) is 1. The highest BCUT2D eigenvalue weighted by atomic mass is 15.2. The summed E-state index contributed by atoms with van der Waals surface area (Å²) in [6.07, 6.45) is 7.66. The Kier molecular flexibility index (Phi) is 3.49. The lowest BCUT2D eigenvalue weighted by Crippen LogP contribution is -2.22. The van der Waals surface area contributed by atoms with Crippen molar-refractivity contribution in [1.82, 2.24) is 15.0 Å². The summed E-state index contributed by atoms with van der Waals surface area (Å²) in [6, 6.07) is 4.02. The summed E-state index contributed by atoms with van der Waals surface area (Å²) in [4.78, 5) is 14.1. The van der Waals surface area contributed by atoms with Crippen molar-refractivity contribution in [3.05, 3.63) is 42.6 Å². The Bertz CT molecular complexity index is 471. The Morgan fingerprint density at radius 2 is 2.00 bits per heavy atom. The van der Waals surface area contributed by atoms with Gasteiger partial charge in [-0.15, -0.1) is 0 Å². The van der Waals surface area contributed by atoms with Gasteiger partial charge in [0.1, 0.15) is 6.33 Å². The molecule has 0 unspecified atom stereocenters. The maximum atomic E-state index is 5.81. The molecule has 17 heavy (non-hydrogen) atoms. The zero-order valence-corrected chi connectivity index (χ0v) is 9.74. The third-order valence-electron chi connectivity index (χ3n) is 2.57. The normalized spacial score (nSPS) is 10.2. The van der Waals surface area contributed by atoms with Gasteiger partial charge in [0.15, 0.2) is 5.82 Å². The van der Waals surface area contributed by atoms with Gasteiger partial charge in [-0.25, -0.2) is 9.97 Å². The predicted molar refractivity (Wildman–Crippen MR) is 67.7 cm³/mol. The molecule has 5 nitrogen and oxygen atoms in total. The van der Waals surface area contributed by atoms with Gasteiger partial charge in [-0.05, 0) is 24.1 Å². The first-order valence-electron chi connectivity index (χ1n) is 5.43. The van der Waals surface area contributed by atoms with Crippen molar-refractivity contribution in [2.45, 2.75) is 6.42 Å². The van der Waals surface area contributed by atoms with Crippen LogP contribution in [0, 0.1) is 0 Å². The minimum absolute atomic E-state index is 0.602. The molecule has 2 heterocycles. The van der Waals surface area contributed by atoms with Crippen LogP contribution < -0.4 is 10.6 Å². The van der Waals surface area contributed by atoms with Crippen LogP contribution in [0.3, 0.4) is 0 Å². The summed E-state index contributed by atoms with van der Waals surface area (Å²) >= 11 is 0. The van der Waals surface area contributed by atoms with Gasteiger partial charge in [-0.2, -0.15) is 0 Å². The van der Waals surface area contributed by atoms with Gasteiger partial charge in [-0.3, -0.25) is 4.98 Å². The second kappa shape index (κ2) is 5.25. The average molecular weight is 229 g/mol. The third-order valence-corrected chi connectivity index (χ3v) is 2.57. The van der Waals surface area contributed by atoms with E-state index in [1.54, 1.807) is 18.6 Å². The van der Waals surface area contributed by atoms with Crippen LogP contribution in [0.15, 0.2) is 37.1 Å². The SMILES string of the molecule is CN(CCc1ccncc1)c1ncncc1N. The molecule has 0 aromatic carbocycles. The molecule has 0 aliphatic rings. The van der Waals surface area contributed by atoms with E-state index in [0.717, 1.165) is 18.8 Å². The molecule has 0 aliphatic carbocycles. The molecule has 0 saturated heterocycles. The molecular weight excluding hydrogens is 214 g/mol. The molecule has 2 aromatic rings. The summed E-state index contributed by atoms with van der Waals surface area (Å²) in [7, 11) is 1.97. The van der Waals surface area contributed by atoms with E-state index in [1.165, 1.54) is 11.9 Å². The molecule has 0 fully saturated rings. The minimum atomic E-state index is 0.602. The van der Waals surface area contributed by atoms with Crippen molar-refractivity contribution >= 4 is 11.5 Å². The summed E-state index contributed by atoms with van der Waals surface area (Å²) in [5.74, 6) is 0.772. The van der Waals surface area contributed by atoms with Gasteiger partial charge < -0.3 is 10.6 Å². The first-order chi connectivity index (χ1) is 8.27. The van der Waals surface area contributed by atoms with Crippen molar-refractivity contribution in [3.63, 3.8) is 0 Å². The Balaban J connectivity index is 1.99. The number of hydrogen-bond donors (Lipinski definition) is 1. The molecule has 0 atom stereocenters. The molecule has 0 bridgehead atoms. The molecule has 5 heteroatoms. The average Bonchev–Trinajstić information content (AvgIpc) is 2.38. The lowest BCUT2D eigenvalue weighted by molar-refractivity contribution is 0.856. The van der Waals surface area contributed by atoms with Crippen LogP contribution in [0.4, 0.5) is 11.5 Å². The largest absolute Gasteiger partial charge is 0.394 e. The van der Waals surface area contributed by atoms with Crippen molar-refractivity contribution in [3.8, 4) is 0 Å². The van der Waals surface area contributed by atoms with Gasteiger partial charge in [0.2, 0.25) is 0 Å². The lowest BCUT2D eigenvalue weighted by Gasteiger charge is -2.19. The minimum Gasteiger partial charge on any atom is -0.394 e. The molecule has 2 rings (SSSR count). The van der Waals surface area contributed by atoms with Gasteiger partial charge in [0.25, 0.3) is 0 Å². The summed E-state index contributed by atoms with van der Waals surface area (Å²) in [5.41, 5.74) is 7.66. The molecule has 0 saturated carbocycles. The van der Waals surface area contributed by atoms with Gasteiger partial charge in [-0.1, -0.05) is 0 Å². The van der Waals surface area contributed by atoms with Crippen LogP contribution >= 0.6 is 0 Å². The van der Waals surface area contributed by atoms with Gasteiger partial charge >= 0.3 is 0 Å². The monoisotopic (exact) mass is 229 g/mol. The number of pyridine rings is 1. The Morgan fingerprint density at radius 3 is 2.71 bits per heavy atom. The molecule has 88 valence electrons. The van der Waals surface area contributed by atoms with E-state index in [4.69, 9.17) is 5.73 Å². The van der Waals surface area contributed by atoms with Crippen molar-refractivity contribution in [2.75, 3.05) is 24.2 Å². The highest BCUT2D eigenvalue weighted by Crippen LogP contribution is 2.16. The van der Waals surface area contributed by atoms with E-state index < -0.39 is 0 Å². The number of nitrogen functional groups attached to an aromatic ring is 1. The Labute approximate surface area is 100 Å². The highest BCUT2D eigenvalue weighted by molar-refractivity contribution is 5.60. The summed E-state index contributed by atoms with van der Waals surface area (Å²) in [6.45, 7) is 0.852. The fraction of sp³-hybridized carbons (Fsp3) is 0.250. The van der Waals surface area contributed by atoms with Gasteiger partial charge in [0, 0.05) is 26.0 Å². The first kappa shape index (κ1) is 11.3. The second-order valence-corrected chi connectivity index (χ2v) is 3.83. The zero-order chi connectivity index (χ0) is 12.1. The number of nitrogens with zero attached hydrogens (tertiary/aromatic N) is 4. The van der Waals surface area contributed by atoms with Crippen molar-refractivity contribution in [1.29, 1.82) is 0 Å². The quantitative estimate of drug-likeness (QED) is 0.851. The molecule has 2 N–H and O–H groups in total. The molecular formula is C12H15N5. The smallest absolute Gasteiger partial charge is 0.154 e. The number of aromatic nitrogens is 3. The zero-order valence-electron chi connectivity index (χ0n) is 9.74. The number of nitrogens with two attached hydrogens (primary N) is 1. The maximum absolute atomic E-state index is 5.81. The predicted octanol–water partition coefficient (Wildman–Crippen LogP) is 1.13. The highest BCUT2D eigenvalue weighted by Gasteiger charge is 2.06. The van der Waals surface area contributed by atoms with Crippen molar-refractivity contribution in [2.24, 2.45) is 0 Å². The van der Waals surface area contributed by atoms with Crippen LogP contribution in [0.1, 0.15) is 5.56 Å². The van der Waals surface area contributed by atoms with E-state index in [1.807, 2.05) is 24.1 Å². The Morgan fingerprint density at radius 1 is 1.24 bits per heavy atom. The van der Waals surface area contributed by atoms with E-state index in [0.29, 0.717) is 5.69 Å². The molecule has 2 aromatic heterocycles. The Hall–Kier alpha value is -2.17. The summed E-state index contributed by atoms with van der Waals surface area (Å²) < 4.78 is 0. The van der Waals surface area contributed by atoms with E-state index in [2.05, 4.69) is 15.0 Å². The number of anilines is 2. The topological polar surface area (TPSA) is 67.9 Å². The molecule has 0 amide bonds. The molecule has 0 spiro atoms. The first-order valence-corrected chi connectivity index (χ1v) is 5.43. The number of hydrogen-bond acceptors (Lipinski definition) is 5. The van der Waals surface area contributed by atoms with Crippen LogP contribution in [0.25, 0.3) is 0 Å². The fourth-order valence-corrected chi connectivity index (χ4v) is 1.61. The maximum Gasteiger partial charge on any atom is 0.154 e. The number of rotatable bonds is 4. The van der Waals surface area contributed by atoms with E-state index in [9.17, 15) is 0 Å². The van der Waals surface area contributed by atoms with E-state index >= 15 is 0 Å². The van der Waals surface area contributed by atoms with Crippen LogP contribution in [0.2, 0.25) is 0 Å². The van der Waals surface area contributed by atoms with Crippen LogP contribution in [0.5, 0.6) is 0 Å². The summed E-state index contributed by atoms with van der Waals surface area (Å²) in [5, 5.41) is 0. The van der Waals surface area contributed by atoms with E-state index in [-0.39, 0.29) is 0 Å². The molecule has 0 radical (unpaired) electrons. The fourth-order valence-electron chi connectivity index (χ4n) is 1.61. The third kappa shape index (κ3) is 2.90. The standard InChI is InChI=1S/C12H15N5/c1-17(12-11(13)8-15-9-16-12)7-4-10-2-5-14-6-3-10/h2-3,5-6,8-9H,4,7,13H2,1H3. The van der Waals surface area contributed by atoms with Crippen LogP contribution in [-0.2, 0) is 6.42 Å². The second-order valence-electron chi connectivity index (χ2n) is 3.83.